The van der Waals surface area contributed by atoms with Crippen LogP contribution < -0.4 is 5.73 Å². The van der Waals surface area contributed by atoms with Crippen LogP contribution in [0.25, 0.3) is 0 Å². The molecule has 4 rings (SSSR count). The summed E-state index contributed by atoms with van der Waals surface area (Å²) in [6, 6.07) is 5.03. The van der Waals surface area contributed by atoms with E-state index in [-0.39, 0.29) is 41.3 Å². The number of hydrogen-bond acceptors (Lipinski definition) is 6. The minimum Gasteiger partial charge on any atom is -0.379 e. The molecule has 0 unspecified atom stereocenters. The normalized spacial score (nSPS) is 21.9. The minimum absolute atomic E-state index is 0.0362. The fourth-order valence-corrected chi connectivity index (χ4v) is 3.93. The molecule has 2 aromatic rings. The Labute approximate surface area is 169 Å². The predicted octanol–water partition coefficient (Wildman–Crippen LogP) is 1.12. The molecule has 2 amide bonds. The van der Waals surface area contributed by atoms with Crippen LogP contribution in [0.1, 0.15) is 46.4 Å². The average molecular weight is 398 g/mol. The van der Waals surface area contributed by atoms with Gasteiger partial charge in [-0.1, -0.05) is 13.8 Å². The number of carbonyl (C=O) groups excluding carboxylic acids is 2. The Balaban J connectivity index is 1.60. The molecule has 2 fully saturated rings. The van der Waals surface area contributed by atoms with Crippen LogP contribution in [0.2, 0.25) is 0 Å². The Morgan fingerprint density at radius 3 is 2.76 bits per heavy atom. The van der Waals surface area contributed by atoms with Crippen molar-refractivity contribution in [2.75, 3.05) is 38.6 Å². The molecule has 2 saturated heterocycles. The maximum atomic E-state index is 13.3. The maximum absolute atomic E-state index is 13.3. The summed E-state index contributed by atoms with van der Waals surface area (Å²) in [5.74, 6) is 0.00367. The summed E-state index contributed by atoms with van der Waals surface area (Å²) in [5, 5.41) is 0. The van der Waals surface area contributed by atoms with Crippen LogP contribution in [0.5, 0.6) is 0 Å². The van der Waals surface area contributed by atoms with Crippen LogP contribution in [0.3, 0.4) is 0 Å². The van der Waals surface area contributed by atoms with E-state index >= 15 is 0 Å². The van der Waals surface area contributed by atoms with Gasteiger partial charge in [-0.15, -0.1) is 0 Å². The second-order valence-corrected chi connectivity index (χ2v) is 8.00. The molecule has 29 heavy (non-hydrogen) atoms. The van der Waals surface area contributed by atoms with Crippen LogP contribution in [0.15, 0.2) is 24.4 Å². The van der Waals surface area contributed by atoms with Crippen molar-refractivity contribution in [3.8, 4) is 0 Å². The number of amides is 2. The molecule has 3 N–H and O–H groups in total. The van der Waals surface area contributed by atoms with Gasteiger partial charge >= 0.3 is 0 Å². The van der Waals surface area contributed by atoms with E-state index in [4.69, 9.17) is 10.5 Å². The summed E-state index contributed by atoms with van der Waals surface area (Å²) in [6.45, 7) is 6.35. The van der Waals surface area contributed by atoms with Gasteiger partial charge in [-0.3, -0.25) is 9.59 Å². The second-order valence-electron chi connectivity index (χ2n) is 8.00. The minimum atomic E-state index is -0.243. The van der Waals surface area contributed by atoms with Crippen LogP contribution >= 0.6 is 0 Å². The Hall–Kier alpha value is -2.94. The number of carbonyl (C=O) groups is 2. The van der Waals surface area contributed by atoms with Gasteiger partial charge in [0.25, 0.3) is 11.8 Å². The lowest BCUT2D eigenvalue weighted by Crippen LogP contribution is -2.48. The van der Waals surface area contributed by atoms with Crippen molar-refractivity contribution in [2.24, 2.45) is 5.92 Å². The molecule has 2 aliphatic heterocycles. The van der Waals surface area contributed by atoms with Gasteiger partial charge in [0, 0.05) is 37.4 Å². The molecule has 0 spiro atoms. The van der Waals surface area contributed by atoms with E-state index < -0.39 is 0 Å². The number of anilines is 1. The number of rotatable bonds is 3. The highest BCUT2D eigenvalue weighted by molar-refractivity contribution is 5.94. The Morgan fingerprint density at radius 1 is 1.21 bits per heavy atom. The lowest BCUT2D eigenvalue weighted by atomic mass is 10.1. The predicted molar refractivity (Wildman–Crippen MR) is 106 cm³/mol. The molecule has 2 bridgehead atoms. The Kier molecular flexibility index (Phi) is 5.23. The van der Waals surface area contributed by atoms with Crippen LogP contribution in [0.4, 0.5) is 5.95 Å². The number of ether oxygens (including phenoxy) is 1. The molecule has 2 atom stereocenters. The summed E-state index contributed by atoms with van der Waals surface area (Å²) in [5.41, 5.74) is 7.42. The zero-order valence-electron chi connectivity index (χ0n) is 16.7. The summed E-state index contributed by atoms with van der Waals surface area (Å²) in [6.07, 6.45) is 1.73. The zero-order valence-corrected chi connectivity index (χ0v) is 16.7. The number of fused-ring (bicyclic) bond motifs is 3. The molecule has 0 saturated carbocycles. The van der Waals surface area contributed by atoms with E-state index in [2.05, 4.69) is 15.0 Å². The number of nitrogen functional groups attached to an aromatic ring is 1. The van der Waals surface area contributed by atoms with E-state index in [9.17, 15) is 9.59 Å². The van der Waals surface area contributed by atoms with E-state index in [0.29, 0.717) is 38.5 Å². The molecule has 9 heteroatoms. The first-order chi connectivity index (χ1) is 13.9. The first kappa shape index (κ1) is 19.4. The van der Waals surface area contributed by atoms with Crippen LogP contribution in [-0.2, 0) is 4.74 Å². The summed E-state index contributed by atoms with van der Waals surface area (Å²) >= 11 is 0. The van der Waals surface area contributed by atoms with Crippen LogP contribution in [-0.4, -0.2) is 75.5 Å². The third kappa shape index (κ3) is 3.95. The van der Waals surface area contributed by atoms with Crippen molar-refractivity contribution in [1.82, 2.24) is 24.8 Å². The number of hydrogen-bond donors (Lipinski definition) is 2. The van der Waals surface area contributed by atoms with Gasteiger partial charge in [-0.2, -0.15) is 0 Å². The molecule has 0 aliphatic carbocycles. The average Bonchev–Trinajstić information content (AvgIpc) is 3.06. The highest BCUT2D eigenvalue weighted by Gasteiger charge is 2.38. The molecule has 2 aliphatic rings. The summed E-state index contributed by atoms with van der Waals surface area (Å²) in [4.78, 5) is 41.2. The Bertz CT molecular complexity index is 898. The van der Waals surface area contributed by atoms with Gasteiger partial charge in [0.1, 0.15) is 11.4 Å². The fourth-order valence-electron chi connectivity index (χ4n) is 3.93. The van der Waals surface area contributed by atoms with Gasteiger partial charge in [-0.25, -0.2) is 9.97 Å². The number of H-pyrrole nitrogens is 1. The third-order valence-electron chi connectivity index (χ3n) is 5.42. The number of nitrogens with one attached hydrogen (secondary N) is 1. The van der Waals surface area contributed by atoms with E-state index in [1.807, 2.05) is 18.7 Å². The molecular weight excluding hydrogens is 372 g/mol. The molecule has 0 radical (unpaired) electrons. The third-order valence-corrected chi connectivity index (χ3v) is 5.42. The van der Waals surface area contributed by atoms with Crippen LogP contribution in [0, 0.1) is 5.92 Å². The van der Waals surface area contributed by atoms with Crippen molar-refractivity contribution >= 4 is 17.8 Å². The molecule has 9 nitrogen and oxygen atoms in total. The SMILES string of the molecule is CC(C)c1cc(C(=O)N2C[C@H]3COC[C@@H]2CN(C(=O)c2ccc[nH]2)C3)nc(N)n1. The first-order valence-electron chi connectivity index (χ1n) is 9.88. The quantitative estimate of drug-likeness (QED) is 0.800. The number of aromatic amines is 1. The number of aromatic nitrogens is 3. The van der Waals surface area contributed by atoms with Crippen molar-refractivity contribution in [1.29, 1.82) is 0 Å². The summed E-state index contributed by atoms with van der Waals surface area (Å²) in [7, 11) is 0. The second kappa shape index (κ2) is 7.82. The van der Waals surface area contributed by atoms with Crippen molar-refractivity contribution in [3.63, 3.8) is 0 Å². The molecule has 2 aromatic heterocycles. The highest BCUT2D eigenvalue weighted by Crippen LogP contribution is 2.23. The molecule has 154 valence electrons. The van der Waals surface area contributed by atoms with Gasteiger partial charge in [0.15, 0.2) is 0 Å². The molecule has 4 heterocycles. The standard InChI is InChI=1S/C20H26N6O3/c1-12(2)16-6-17(24-20(21)23-16)19(28)26-8-13-7-25(9-14(26)11-29-10-13)18(27)15-4-3-5-22-15/h3-6,12-14,22H,7-11H2,1-2H3,(H2,21,23,24)/t13-,14-/m0/s1. The van der Waals surface area contributed by atoms with Gasteiger partial charge in [-0.05, 0) is 24.1 Å². The fraction of sp³-hybridized carbons (Fsp3) is 0.500. The van der Waals surface area contributed by atoms with Gasteiger partial charge in [0.2, 0.25) is 5.95 Å². The number of nitrogens with zero attached hydrogens (tertiary/aromatic N) is 4. The first-order valence-corrected chi connectivity index (χ1v) is 9.88. The van der Waals surface area contributed by atoms with Gasteiger partial charge < -0.3 is 25.3 Å². The molecule has 0 aromatic carbocycles. The molecular formula is C20H26N6O3. The van der Waals surface area contributed by atoms with Crippen molar-refractivity contribution in [2.45, 2.75) is 25.8 Å². The van der Waals surface area contributed by atoms with Crippen molar-refractivity contribution in [3.05, 3.63) is 41.5 Å². The highest BCUT2D eigenvalue weighted by atomic mass is 16.5. The largest absolute Gasteiger partial charge is 0.379 e. The number of nitrogens with two attached hydrogens (primary N) is 1. The van der Waals surface area contributed by atoms with Crippen molar-refractivity contribution < 1.29 is 14.3 Å². The van der Waals surface area contributed by atoms with E-state index in [1.54, 1.807) is 29.3 Å². The topological polar surface area (TPSA) is 117 Å². The van der Waals surface area contributed by atoms with Gasteiger partial charge in [0.05, 0.1) is 19.3 Å². The smallest absolute Gasteiger partial charge is 0.273 e. The lowest BCUT2D eigenvalue weighted by molar-refractivity contribution is 0.0377. The van der Waals surface area contributed by atoms with E-state index in [1.165, 1.54) is 0 Å². The zero-order chi connectivity index (χ0) is 20.5. The Morgan fingerprint density at radius 2 is 2.03 bits per heavy atom. The van der Waals surface area contributed by atoms with E-state index in [0.717, 1.165) is 5.69 Å². The monoisotopic (exact) mass is 398 g/mol. The maximum Gasteiger partial charge on any atom is 0.273 e. The summed E-state index contributed by atoms with van der Waals surface area (Å²) < 4.78 is 5.79. The lowest BCUT2D eigenvalue weighted by Gasteiger charge is -2.31.